The topological polar surface area (TPSA) is 61.0 Å². The van der Waals surface area contributed by atoms with Crippen LogP contribution in [0.2, 0.25) is 0 Å². The molecule has 0 fully saturated rings. The van der Waals surface area contributed by atoms with E-state index in [1.807, 2.05) is 19.0 Å². The molecule has 1 aromatic heterocycles. The molecule has 0 spiro atoms. The van der Waals surface area contributed by atoms with Crippen LogP contribution in [0, 0.1) is 0 Å². The van der Waals surface area contributed by atoms with Gasteiger partial charge in [-0.3, -0.25) is 9.69 Å². The van der Waals surface area contributed by atoms with Crippen LogP contribution >= 0.6 is 0 Å². The van der Waals surface area contributed by atoms with Gasteiger partial charge in [0, 0.05) is 25.4 Å². The lowest BCUT2D eigenvalue weighted by atomic mass is 10.1. The molecule has 2 N–H and O–H groups in total. The normalized spacial score (nSPS) is 12.9. The van der Waals surface area contributed by atoms with Crippen molar-refractivity contribution in [1.82, 2.24) is 20.2 Å². The Bertz CT molecular complexity index is 281. The summed E-state index contributed by atoms with van der Waals surface area (Å²) >= 11 is 0. The first-order valence-electron chi connectivity index (χ1n) is 4.50. The Morgan fingerprint density at radius 2 is 2.43 bits per heavy atom. The van der Waals surface area contributed by atoms with E-state index in [0.29, 0.717) is 6.42 Å². The largest absolute Gasteiger partial charge is 0.358 e. The summed E-state index contributed by atoms with van der Waals surface area (Å²) in [5, 5.41) is 2.64. The molecular formula is C9H16N4O. The molecular weight excluding hydrogens is 180 g/mol. The number of rotatable bonds is 4. The van der Waals surface area contributed by atoms with Crippen molar-refractivity contribution in [1.29, 1.82) is 0 Å². The molecule has 0 saturated carbocycles. The van der Waals surface area contributed by atoms with Gasteiger partial charge in [-0.05, 0) is 14.1 Å². The molecule has 0 radical (unpaired) electrons. The Morgan fingerprint density at radius 3 is 2.86 bits per heavy atom. The van der Waals surface area contributed by atoms with E-state index in [1.165, 1.54) is 0 Å². The van der Waals surface area contributed by atoms with Gasteiger partial charge in [0.25, 0.3) is 0 Å². The van der Waals surface area contributed by atoms with Gasteiger partial charge >= 0.3 is 0 Å². The molecule has 1 unspecified atom stereocenters. The second-order valence-electron chi connectivity index (χ2n) is 3.37. The molecule has 5 heteroatoms. The maximum absolute atomic E-state index is 11.5. The number of likely N-dealkylation sites (N-methyl/N-ethyl adjacent to an activating group) is 2. The standard InChI is InChI=1S/C9H16N4O/c1-10-9(14)8(13(2)3)4-7-5-11-6-12-7/h5-6,8H,4H2,1-3H3,(H,10,14)(H,11,12). The van der Waals surface area contributed by atoms with Crippen LogP contribution in [0.5, 0.6) is 0 Å². The number of aromatic amines is 1. The predicted octanol–water partition coefficient (Wildman–Crippen LogP) is -0.372. The minimum Gasteiger partial charge on any atom is -0.358 e. The van der Waals surface area contributed by atoms with E-state index < -0.39 is 0 Å². The molecule has 0 aliphatic carbocycles. The molecule has 1 amide bonds. The molecule has 0 aliphatic rings. The average molecular weight is 196 g/mol. The number of nitrogens with zero attached hydrogens (tertiary/aromatic N) is 2. The van der Waals surface area contributed by atoms with E-state index >= 15 is 0 Å². The van der Waals surface area contributed by atoms with E-state index in [0.717, 1.165) is 5.69 Å². The third-order valence-corrected chi connectivity index (χ3v) is 2.14. The van der Waals surface area contributed by atoms with Gasteiger partial charge in [-0.25, -0.2) is 4.98 Å². The number of H-pyrrole nitrogens is 1. The first-order chi connectivity index (χ1) is 6.65. The van der Waals surface area contributed by atoms with Gasteiger partial charge in [0.15, 0.2) is 0 Å². The zero-order valence-electron chi connectivity index (χ0n) is 8.74. The lowest BCUT2D eigenvalue weighted by molar-refractivity contribution is -0.125. The first-order valence-corrected chi connectivity index (χ1v) is 4.50. The number of nitrogens with one attached hydrogen (secondary N) is 2. The highest BCUT2D eigenvalue weighted by Crippen LogP contribution is 2.03. The number of carbonyl (C=O) groups is 1. The van der Waals surface area contributed by atoms with Crippen LogP contribution in [0.4, 0.5) is 0 Å². The van der Waals surface area contributed by atoms with Crippen molar-refractivity contribution in [2.45, 2.75) is 12.5 Å². The summed E-state index contributed by atoms with van der Waals surface area (Å²) in [6.07, 6.45) is 4.00. The number of hydrogen-bond acceptors (Lipinski definition) is 3. The molecule has 1 heterocycles. The quantitative estimate of drug-likeness (QED) is 0.690. The van der Waals surface area contributed by atoms with Crippen LogP contribution < -0.4 is 5.32 Å². The highest BCUT2D eigenvalue weighted by molar-refractivity contribution is 5.81. The van der Waals surface area contributed by atoms with Gasteiger partial charge in [-0.1, -0.05) is 0 Å². The number of imidazole rings is 1. The second-order valence-corrected chi connectivity index (χ2v) is 3.37. The molecule has 1 atom stereocenters. The summed E-state index contributed by atoms with van der Waals surface area (Å²) in [4.78, 5) is 20.3. The van der Waals surface area contributed by atoms with E-state index in [-0.39, 0.29) is 11.9 Å². The molecule has 0 bridgehead atoms. The summed E-state index contributed by atoms with van der Waals surface area (Å²) in [6.45, 7) is 0. The van der Waals surface area contributed by atoms with Crippen LogP contribution in [-0.4, -0.2) is 48.0 Å². The lowest BCUT2D eigenvalue weighted by Crippen LogP contribution is -2.43. The van der Waals surface area contributed by atoms with Crippen molar-refractivity contribution in [3.05, 3.63) is 18.2 Å². The maximum atomic E-state index is 11.5. The molecule has 14 heavy (non-hydrogen) atoms. The smallest absolute Gasteiger partial charge is 0.237 e. The van der Waals surface area contributed by atoms with E-state index in [4.69, 9.17) is 0 Å². The summed E-state index contributed by atoms with van der Waals surface area (Å²) in [7, 11) is 5.42. The minimum atomic E-state index is -0.152. The maximum Gasteiger partial charge on any atom is 0.237 e. The molecule has 1 aromatic rings. The fraction of sp³-hybridized carbons (Fsp3) is 0.556. The van der Waals surface area contributed by atoms with Crippen molar-refractivity contribution in [3.63, 3.8) is 0 Å². The van der Waals surface area contributed by atoms with Crippen LogP contribution in [-0.2, 0) is 11.2 Å². The molecule has 1 rings (SSSR count). The van der Waals surface area contributed by atoms with Gasteiger partial charge in [0.05, 0.1) is 12.4 Å². The Balaban J connectivity index is 2.65. The van der Waals surface area contributed by atoms with E-state index in [1.54, 1.807) is 19.6 Å². The van der Waals surface area contributed by atoms with Crippen LogP contribution in [0.3, 0.4) is 0 Å². The molecule has 78 valence electrons. The van der Waals surface area contributed by atoms with Crippen molar-refractivity contribution in [3.8, 4) is 0 Å². The first kappa shape index (κ1) is 10.7. The Hall–Kier alpha value is -1.36. The van der Waals surface area contributed by atoms with Gasteiger partial charge in [-0.15, -0.1) is 0 Å². The Kier molecular flexibility index (Phi) is 3.64. The number of amides is 1. The monoisotopic (exact) mass is 196 g/mol. The molecule has 0 aliphatic heterocycles. The average Bonchev–Trinajstić information content (AvgIpc) is 2.65. The van der Waals surface area contributed by atoms with E-state index in [9.17, 15) is 4.79 Å². The number of hydrogen-bond donors (Lipinski definition) is 2. The lowest BCUT2D eigenvalue weighted by Gasteiger charge is -2.21. The summed E-state index contributed by atoms with van der Waals surface area (Å²) in [6, 6.07) is -0.152. The number of carbonyl (C=O) groups excluding carboxylic acids is 1. The van der Waals surface area contributed by atoms with E-state index in [2.05, 4.69) is 15.3 Å². The van der Waals surface area contributed by atoms with Crippen molar-refractivity contribution in [2.24, 2.45) is 0 Å². The predicted molar refractivity (Wildman–Crippen MR) is 53.8 cm³/mol. The Labute approximate surface area is 83.5 Å². The van der Waals surface area contributed by atoms with Gasteiger partial charge in [0.1, 0.15) is 0 Å². The van der Waals surface area contributed by atoms with Crippen LogP contribution in [0.15, 0.2) is 12.5 Å². The summed E-state index contributed by atoms with van der Waals surface area (Å²) in [5.41, 5.74) is 0.965. The molecule has 5 nitrogen and oxygen atoms in total. The number of aromatic nitrogens is 2. The van der Waals surface area contributed by atoms with Crippen molar-refractivity contribution >= 4 is 5.91 Å². The second kappa shape index (κ2) is 4.76. The summed E-state index contributed by atoms with van der Waals surface area (Å²) in [5.74, 6) is 0.0181. The van der Waals surface area contributed by atoms with Crippen molar-refractivity contribution < 1.29 is 4.79 Å². The van der Waals surface area contributed by atoms with Gasteiger partial charge in [-0.2, -0.15) is 0 Å². The van der Waals surface area contributed by atoms with Crippen LogP contribution in [0.25, 0.3) is 0 Å². The highest BCUT2D eigenvalue weighted by atomic mass is 16.2. The fourth-order valence-electron chi connectivity index (χ4n) is 1.28. The zero-order valence-corrected chi connectivity index (χ0v) is 8.74. The highest BCUT2D eigenvalue weighted by Gasteiger charge is 2.20. The third kappa shape index (κ3) is 2.56. The third-order valence-electron chi connectivity index (χ3n) is 2.14. The van der Waals surface area contributed by atoms with Crippen molar-refractivity contribution in [2.75, 3.05) is 21.1 Å². The summed E-state index contributed by atoms with van der Waals surface area (Å²) < 4.78 is 0. The Morgan fingerprint density at radius 1 is 1.71 bits per heavy atom. The van der Waals surface area contributed by atoms with Crippen LogP contribution in [0.1, 0.15) is 5.69 Å². The van der Waals surface area contributed by atoms with Gasteiger partial charge < -0.3 is 10.3 Å². The minimum absolute atomic E-state index is 0.0181. The SMILES string of the molecule is CNC(=O)C(Cc1cnc[nH]1)N(C)C. The zero-order chi connectivity index (χ0) is 10.6. The fourth-order valence-corrected chi connectivity index (χ4v) is 1.28. The molecule has 0 saturated heterocycles. The molecule has 0 aromatic carbocycles. The van der Waals surface area contributed by atoms with Gasteiger partial charge in [0.2, 0.25) is 5.91 Å².